The fourth-order valence-electron chi connectivity index (χ4n) is 4.88. The number of alkyl carbamates (subject to hydrolysis) is 1. The molecular weight excluding hydrogens is 545 g/mol. The van der Waals surface area contributed by atoms with E-state index in [0.717, 1.165) is 19.0 Å². The van der Waals surface area contributed by atoms with E-state index in [1.54, 1.807) is 6.92 Å². The average molecular weight is 600 g/mol. The molecule has 1 saturated heterocycles. The molecule has 1 fully saturated rings. The molecule has 11 heteroatoms. The molecule has 242 valence electrons. The Hall–Kier alpha value is -2.69. The third-order valence-electron chi connectivity index (χ3n) is 7.12. The quantitative estimate of drug-likeness (QED) is 0.0399. The van der Waals surface area contributed by atoms with Gasteiger partial charge in [-0.2, -0.15) is 0 Å². The van der Waals surface area contributed by atoms with E-state index >= 15 is 0 Å². The van der Waals surface area contributed by atoms with Crippen LogP contribution in [-0.2, 0) is 28.5 Å². The number of unbranched alkanes of at least 4 members (excludes halogenated alkanes) is 15. The van der Waals surface area contributed by atoms with Gasteiger partial charge in [0.2, 0.25) is 0 Å². The van der Waals surface area contributed by atoms with E-state index in [2.05, 4.69) is 12.2 Å². The average Bonchev–Trinajstić information content (AvgIpc) is 3.21. The molecule has 0 radical (unpaired) electrons. The van der Waals surface area contributed by atoms with Gasteiger partial charge in [-0.25, -0.2) is 9.18 Å². The maximum atomic E-state index is 14.4. The molecule has 0 aromatic rings. The molecular formula is C31H54FN3O7. The summed E-state index contributed by atoms with van der Waals surface area (Å²) in [5.74, 6) is -3.11. The first-order valence-corrected chi connectivity index (χ1v) is 15.8. The van der Waals surface area contributed by atoms with Gasteiger partial charge in [-0.15, -0.1) is 0 Å². The van der Waals surface area contributed by atoms with E-state index in [-0.39, 0.29) is 6.61 Å². The molecule has 0 bridgehead atoms. The molecule has 1 amide bonds. The van der Waals surface area contributed by atoms with Crippen molar-refractivity contribution in [1.29, 1.82) is 5.41 Å². The summed E-state index contributed by atoms with van der Waals surface area (Å²) < 4.78 is 35.4. The Morgan fingerprint density at radius 1 is 0.786 bits per heavy atom. The molecule has 4 unspecified atom stereocenters. The Bertz CT molecular complexity index is 839. The predicted molar refractivity (Wildman–Crippen MR) is 160 cm³/mol. The molecule has 0 aliphatic carbocycles. The molecule has 0 aromatic heterocycles. The number of amidine groups is 1. The van der Waals surface area contributed by atoms with Gasteiger partial charge in [0.1, 0.15) is 0 Å². The van der Waals surface area contributed by atoms with Gasteiger partial charge in [-0.1, -0.05) is 103 Å². The number of esters is 2. The highest BCUT2D eigenvalue weighted by molar-refractivity contribution is 6.02. The van der Waals surface area contributed by atoms with Crippen molar-refractivity contribution in [2.45, 2.75) is 155 Å². The number of halogens is 1. The first-order valence-electron chi connectivity index (χ1n) is 15.8. The predicted octanol–water partition coefficient (Wildman–Crippen LogP) is 6.96. The Kier molecular flexibility index (Phi) is 20.3. The zero-order chi connectivity index (χ0) is 31.2. The number of hydrogen-bond donors (Lipinski definition) is 3. The Labute approximate surface area is 251 Å². The van der Waals surface area contributed by atoms with Crippen molar-refractivity contribution in [3.8, 4) is 0 Å². The second-order valence-electron chi connectivity index (χ2n) is 11.0. The second-order valence-corrected chi connectivity index (χ2v) is 11.0. The van der Waals surface area contributed by atoms with Crippen molar-refractivity contribution in [1.82, 2.24) is 10.6 Å². The lowest BCUT2D eigenvalue weighted by molar-refractivity contribution is -0.164. The van der Waals surface area contributed by atoms with Crippen LogP contribution in [0.3, 0.4) is 0 Å². The van der Waals surface area contributed by atoms with Crippen molar-refractivity contribution in [3.63, 3.8) is 0 Å². The lowest BCUT2D eigenvalue weighted by atomic mass is 10.0. The summed E-state index contributed by atoms with van der Waals surface area (Å²) in [5.41, 5.74) is 0. The molecule has 4 atom stereocenters. The van der Waals surface area contributed by atoms with Crippen LogP contribution in [0, 0.1) is 5.41 Å². The van der Waals surface area contributed by atoms with Gasteiger partial charge < -0.3 is 24.3 Å². The highest BCUT2D eigenvalue weighted by Crippen LogP contribution is 2.26. The zero-order valence-corrected chi connectivity index (χ0v) is 26.1. The fraction of sp³-hybridized carbons (Fsp3) is 0.806. The third-order valence-corrected chi connectivity index (χ3v) is 7.12. The van der Waals surface area contributed by atoms with Crippen LogP contribution in [0.25, 0.3) is 0 Å². The minimum Gasteiger partial charge on any atom is -0.456 e. The molecule has 1 aliphatic heterocycles. The lowest BCUT2D eigenvalue weighted by Crippen LogP contribution is -2.43. The molecule has 1 rings (SSSR count). The van der Waals surface area contributed by atoms with Gasteiger partial charge in [-0.05, 0) is 13.3 Å². The van der Waals surface area contributed by atoms with Gasteiger partial charge in [0, 0.05) is 20.0 Å². The van der Waals surface area contributed by atoms with Crippen LogP contribution in [0.1, 0.15) is 130 Å². The molecule has 0 aromatic carbocycles. The minimum absolute atomic E-state index is 0.191. The molecule has 42 heavy (non-hydrogen) atoms. The number of rotatable bonds is 22. The van der Waals surface area contributed by atoms with Gasteiger partial charge in [0.15, 0.2) is 30.1 Å². The number of carbonyl (C=O) groups excluding carboxylic acids is 3. The number of amides is 1. The fourth-order valence-corrected chi connectivity index (χ4v) is 4.88. The number of carbonyl (C=O) groups is 3. The normalized spacial score (nSPS) is 20.2. The van der Waals surface area contributed by atoms with E-state index in [1.165, 1.54) is 97.3 Å². The first kappa shape index (κ1) is 37.3. The van der Waals surface area contributed by atoms with Gasteiger partial charge in [0.25, 0.3) is 0 Å². The number of nitrogens with one attached hydrogen (secondary N) is 3. The molecule has 3 N–H and O–H groups in total. The van der Waals surface area contributed by atoms with Gasteiger partial charge in [-0.3, -0.25) is 20.3 Å². The van der Waals surface area contributed by atoms with Crippen LogP contribution in [-0.4, -0.2) is 55.0 Å². The topological polar surface area (TPSA) is 136 Å². The van der Waals surface area contributed by atoms with Crippen molar-refractivity contribution < 1.29 is 37.7 Å². The lowest BCUT2D eigenvalue weighted by Gasteiger charge is -2.22. The summed E-state index contributed by atoms with van der Waals surface area (Å²) in [5, 5.41) is 12.4. The summed E-state index contributed by atoms with van der Waals surface area (Å²) in [6, 6.07) is 0. The van der Waals surface area contributed by atoms with E-state index < -0.39 is 54.2 Å². The smallest absolute Gasteiger partial charge is 0.412 e. The van der Waals surface area contributed by atoms with Crippen molar-refractivity contribution in [3.05, 3.63) is 12.0 Å². The summed E-state index contributed by atoms with van der Waals surface area (Å²) in [6.07, 6.45) is 16.3. The summed E-state index contributed by atoms with van der Waals surface area (Å²) >= 11 is 0. The van der Waals surface area contributed by atoms with E-state index in [0.29, 0.717) is 6.42 Å². The Morgan fingerprint density at radius 2 is 1.24 bits per heavy atom. The highest BCUT2D eigenvalue weighted by atomic mass is 19.1. The van der Waals surface area contributed by atoms with Gasteiger partial charge >= 0.3 is 18.0 Å². The highest BCUT2D eigenvalue weighted by Gasteiger charge is 2.47. The largest absolute Gasteiger partial charge is 0.456 e. The Balaban J connectivity index is 2.14. The van der Waals surface area contributed by atoms with Crippen LogP contribution < -0.4 is 10.6 Å². The van der Waals surface area contributed by atoms with Crippen LogP contribution >= 0.6 is 0 Å². The number of hydrogen-bond acceptors (Lipinski definition) is 9. The first-order chi connectivity index (χ1) is 20.1. The monoisotopic (exact) mass is 599 g/mol. The summed E-state index contributed by atoms with van der Waals surface area (Å²) in [6.45, 7) is 6.46. The van der Waals surface area contributed by atoms with Crippen molar-refractivity contribution >= 4 is 23.9 Å². The van der Waals surface area contributed by atoms with Crippen LogP contribution in [0.5, 0.6) is 0 Å². The van der Waals surface area contributed by atoms with Crippen LogP contribution in [0.2, 0.25) is 0 Å². The Morgan fingerprint density at radius 3 is 1.71 bits per heavy atom. The standard InChI is InChI=1S/C31H54FN3O7/c1-5-6-7-8-9-10-11-12-13-14-15-16-17-18-19-20-21-39-31(38)35-29(33)26(32)22-34-30-28(42-25(4)37)27(23(2)40-30)41-24(3)36/h22-23,27-28,30,34H,5-21H2,1-4H3,(H2,33,35,38)/b26-22+. The maximum Gasteiger partial charge on any atom is 0.412 e. The molecule has 0 saturated carbocycles. The molecule has 1 aliphatic rings. The summed E-state index contributed by atoms with van der Waals surface area (Å²) in [4.78, 5) is 34.8. The van der Waals surface area contributed by atoms with E-state index in [4.69, 9.17) is 24.4 Å². The van der Waals surface area contributed by atoms with Crippen molar-refractivity contribution in [2.24, 2.45) is 0 Å². The van der Waals surface area contributed by atoms with Crippen LogP contribution in [0.4, 0.5) is 9.18 Å². The van der Waals surface area contributed by atoms with Gasteiger partial charge in [0.05, 0.1) is 12.7 Å². The molecule has 1 heterocycles. The summed E-state index contributed by atoms with van der Waals surface area (Å²) in [7, 11) is 0. The molecule has 10 nitrogen and oxygen atoms in total. The maximum absolute atomic E-state index is 14.4. The minimum atomic E-state index is -1.09. The third kappa shape index (κ3) is 17.3. The zero-order valence-electron chi connectivity index (χ0n) is 26.1. The SMILES string of the molecule is CCCCCCCCCCCCCCCCCCOC(=O)NC(=N)/C(F)=C\NC1OC(C)C(OC(C)=O)C1OC(C)=O. The van der Waals surface area contributed by atoms with Crippen LogP contribution in [0.15, 0.2) is 12.0 Å². The van der Waals surface area contributed by atoms with Crippen molar-refractivity contribution in [2.75, 3.05) is 6.61 Å². The van der Waals surface area contributed by atoms with E-state index in [1.807, 2.05) is 5.32 Å². The second kappa shape index (κ2) is 22.9. The molecule has 0 spiro atoms. The van der Waals surface area contributed by atoms with E-state index in [9.17, 15) is 18.8 Å². The number of ether oxygens (including phenoxy) is 4.